The van der Waals surface area contributed by atoms with Crippen LogP contribution in [0.2, 0.25) is 0 Å². The SMILES string of the molecule is CCOC(C)(OC)OS(=O)(=O)O.[NaH]. The summed E-state index contributed by atoms with van der Waals surface area (Å²) in [5, 5.41) is 0. The number of hydrogen-bond acceptors (Lipinski definition) is 5. The molecule has 0 saturated carbocycles. The molecule has 0 fully saturated rings. The summed E-state index contributed by atoms with van der Waals surface area (Å²) in [4.78, 5) is 0. The number of ether oxygens (including phenoxy) is 2. The molecule has 0 aromatic heterocycles. The summed E-state index contributed by atoms with van der Waals surface area (Å²) in [6.07, 6.45) is 0. The predicted octanol–water partition coefficient (Wildman–Crippen LogP) is -0.486. The molecule has 0 aliphatic heterocycles. The van der Waals surface area contributed by atoms with Crippen LogP contribution in [0.1, 0.15) is 13.8 Å². The first-order valence-corrected chi connectivity index (χ1v) is 4.56. The average molecular weight is 224 g/mol. The van der Waals surface area contributed by atoms with E-state index < -0.39 is 16.4 Å². The third-order valence-electron chi connectivity index (χ3n) is 1.03. The molecule has 6 nitrogen and oxygen atoms in total. The van der Waals surface area contributed by atoms with Gasteiger partial charge in [0, 0.05) is 20.6 Å². The molecule has 13 heavy (non-hydrogen) atoms. The van der Waals surface area contributed by atoms with Crippen molar-refractivity contribution < 1.29 is 26.6 Å². The average Bonchev–Trinajstić information content (AvgIpc) is 1.84. The van der Waals surface area contributed by atoms with E-state index in [-0.39, 0.29) is 36.2 Å². The molecular formula is C5H13NaO6S. The van der Waals surface area contributed by atoms with E-state index in [1.807, 2.05) is 0 Å². The monoisotopic (exact) mass is 224 g/mol. The molecule has 0 bridgehead atoms. The second kappa shape index (κ2) is 6.31. The summed E-state index contributed by atoms with van der Waals surface area (Å²) < 4.78 is 42.2. The van der Waals surface area contributed by atoms with Crippen molar-refractivity contribution in [3.63, 3.8) is 0 Å². The van der Waals surface area contributed by atoms with Gasteiger partial charge < -0.3 is 9.47 Å². The van der Waals surface area contributed by atoms with Gasteiger partial charge in [-0.3, -0.25) is 4.55 Å². The number of rotatable bonds is 5. The Morgan fingerprint density at radius 3 is 2.15 bits per heavy atom. The molecule has 0 spiro atoms. The van der Waals surface area contributed by atoms with Gasteiger partial charge in [0.1, 0.15) is 0 Å². The third kappa shape index (κ3) is 7.83. The molecule has 76 valence electrons. The van der Waals surface area contributed by atoms with Crippen molar-refractivity contribution in [1.82, 2.24) is 0 Å². The van der Waals surface area contributed by atoms with Gasteiger partial charge in [-0.1, -0.05) is 0 Å². The van der Waals surface area contributed by atoms with E-state index in [1.54, 1.807) is 6.92 Å². The first-order chi connectivity index (χ1) is 5.33. The molecule has 1 N–H and O–H groups in total. The summed E-state index contributed by atoms with van der Waals surface area (Å²) in [6.45, 7) is 3.05. The first kappa shape index (κ1) is 16.2. The normalized spacial score (nSPS) is 16.0. The zero-order valence-corrected chi connectivity index (χ0v) is 7.92. The summed E-state index contributed by atoms with van der Waals surface area (Å²) in [5.74, 6) is -1.76. The van der Waals surface area contributed by atoms with Crippen LogP contribution in [0.25, 0.3) is 0 Å². The van der Waals surface area contributed by atoms with Crippen molar-refractivity contribution in [2.24, 2.45) is 0 Å². The molecular weight excluding hydrogens is 211 g/mol. The van der Waals surface area contributed by atoms with Crippen molar-refractivity contribution in [1.29, 1.82) is 0 Å². The van der Waals surface area contributed by atoms with Crippen molar-refractivity contribution >= 4 is 40.0 Å². The van der Waals surface area contributed by atoms with Crippen LogP contribution in [0.4, 0.5) is 0 Å². The van der Waals surface area contributed by atoms with Gasteiger partial charge in [0.05, 0.1) is 0 Å². The fourth-order valence-corrected chi connectivity index (χ4v) is 1.07. The number of methoxy groups -OCH3 is 1. The topological polar surface area (TPSA) is 82.1 Å². The van der Waals surface area contributed by atoms with Crippen molar-refractivity contribution in [2.75, 3.05) is 13.7 Å². The molecule has 0 saturated heterocycles. The summed E-state index contributed by atoms with van der Waals surface area (Å²) in [7, 11) is -3.37. The molecule has 1 unspecified atom stereocenters. The zero-order chi connectivity index (χ0) is 9.83. The molecule has 0 aromatic rings. The Kier molecular flexibility index (Phi) is 7.87. The van der Waals surface area contributed by atoms with Crippen molar-refractivity contribution in [3.05, 3.63) is 0 Å². The Hall–Kier alpha value is 0.790. The Morgan fingerprint density at radius 1 is 1.46 bits per heavy atom. The fourth-order valence-electron chi connectivity index (χ4n) is 0.570. The fraction of sp³-hybridized carbons (Fsp3) is 1.00. The van der Waals surface area contributed by atoms with Crippen LogP contribution >= 0.6 is 0 Å². The van der Waals surface area contributed by atoms with Gasteiger partial charge in [-0.2, -0.15) is 12.6 Å². The van der Waals surface area contributed by atoms with E-state index in [4.69, 9.17) is 9.29 Å². The Labute approximate surface area is 99.8 Å². The zero-order valence-electron chi connectivity index (χ0n) is 7.10. The standard InChI is InChI=1S/C5H12O6S.Na.H/c1-4-10-5(2,9-3)11-12(6,7)8;;/h4H2,1-3H3,(H,6,7,8);;. The van der Waals surface area contributed by atoms with Gasteiger partial charge in [-0.25, -0.2) is 0 Å². The Balaban J connectivity index is 0. The maximum absolute atomic E-state index is 10.3. The van der Waals surface area contributed by atoms with Crippen LogP contribution in [0.15, 0.2) is 0 Å². The van der Waals surface area contributed by atoms with Gasteiger partial charge in [-0.15, -0.1) is 0 Å². The quantitative estimate of drug-likeness (QED) is 0.385. The van der Waals surface area contributed by atoms with E-state index in [9.17, 15) is 8.42 Å². The van der Waals surface area contributed by atoms with Gasteiger partial charge in [0.2, 0.25) is 0 Å². The molecule has 0 aliphatic carbocycles. The van der Waals surface area contributed by atoms with Crippen LogP contribution in [-0.4, -0.2) is 62.2 Å². The van der Waals surface area contributed by atoms with E-state index in [0.717, 1.165) is 0 Å². The maximum atomic E-state index is 10.3. The van der Waals surface area contributed by atoms with E-state index in [0.29, 0.717) is 0 Å². The molecule has 0 radical (unpaired) electrons. The first-order valence-electron chi connectivity index (χ1n) is 3.20. The van der Waals surface area contributed by atoms with Crippen molar-refractivity contribution in [2.45, 2.75) is 19.8 Å². The molecule has 1 atom stereocenters. The van der Waals surface area contributed by atoms with E-state index in [2.05, 4.69) is 8.92 Å². The minimum absolute atomic E-state index is 0. The van der Waals surface area contributed by atoms with Gasteiger partial charge in [-0.05, 0) is 6.92 Å². The summed E-state index contributed by atoms with van der Waals surface area (Å²) >= 11 is 0. The minimum atomic E-state index is -4.57. The van der Waals surface area contributed by atoms with E-state index >= 15 is 0 Å². The summed E-state index contributed by atoms with van der Waals surface area (Å²) in [6, 6.07) is 0. The second-order valence-electron chi connectivity index (χ2n) is 2.01. The summed E-state index contributed by atoms with van der Waals surface area (Å²) in [5.41, 5.74) is 0. The van der Waals surface area contributed by atoms with Crippen molar-refractivity contribution in [3.8, 4) is 0 Å². The van der Waals surface area contributed by atoms with Gasteiger partial charge >= 0.3 is 40.0 Å². The van der Waals surface area contributed by atoms with Crippen LogP contribution in [0.3, 0.4) is 0 Å². The van der Waals surface area contributed by atoms with E-state index in [1.165, 1.54) is 14.0 Å². The van der Waals surface area contributed by atoms with Crippen LogP contribution in [-0.2, 0) is 24.1 Å². The molecule has 0 amide bonds. The molecule has 0 aliphatic rings. The van der Waals surface area contributed by atoms with Crippen LogP contribution in [0.5, 0.6) is 0 Å². The van der Waals surface area contributed by atoms with Crippen LogP contribution in [0, 0.1) is 0 Å². The Morgan fingerprint density at radius 2 is 1.92 bits per heavy atom. The molecule has 0 rings (SSSR count). The van der Waals surface area contributed by atoms with Crippen LogP contribution < -0.4 is 0 Å². The predicted molar refractivity (Wildman–Crippen MR) is 46.8 cm³/mol. The Bertz CT molecular complexity index is 227. The number of hydrogen-bond donors (Lipinski definition) is 1. The van der Waals surface area contributed by atoms with Gasteiger partial charge in [0.15, 0.2) is 0 Å². The molecule has 8 heteroatoms. The molecule has 0 aromatic carbocycles. The second-order valence-corrected chi connectivity index (χ2v) is 3.03. The van der Waals surface area contributed by atoms with Gasteiger partial charge in [0.25, 0.3) is 5.97 Å². The third-order valence-corrected chi connectivity index (χ3v) is 1.55. The molecule has 0 heterocycles.